The van der Waals surface area contributed by atoms with Crippen LogP contribution in [0.2, 0.25) is 0 Å². The van der Waals surface area contributed by atoms with Crippen LogP contribution in [0.25, 0.3) is 0 Å². The summed E-state index contributed by atoms with van der Waals surface area (Å²) in [6, 6.07) is 12.5. The first-order valence-electron chi connectivity index (χ1n) is 9.76. The van der Waals surface area contributed by atoms with Gasteiger partial charge in [-0.1, -0.05) is 44.5 Å². The number of carbonyl (C=O) groups excluding carboxylic acids is 1. The molecule has 3 atom stereocenters. The molecule has 0 bridgehead atoms. The number of benzene rings is 2. The molecular weight excluding hydrogens is 338 g/mol. The minimum atomic E-state index is -0.614. The Labute approximate surface area is 160 Å². The molecule has 2 aromatic carbocycles. The highest BCUT2D eigenvalue weighted by Crippen LogP contribution is 2.50. The van der Waals surface area contributed by atoms with Crippen molar-refractivity contribution >= 4 is 5.91 Å². The van der Waals surface area contributed by atoms with Crippen LogP contribution in [-0.4, -0.2) is 22.2 Å². The molecule has 0 heterocycles. The number of aliphatic hydroxyl groups excluding tert-OH is 1. The molecule has 1 amide bonds. The first-order valence-corrected chi connectivity index (χ1v) is 9.76. The van der Waals surface area contributed by atoms with E-state index in [0.29, 0.717) is 12.0 Å². The average molecular weight is 365 g/mol. The summed E-state index contributed by atoms with van der Waals surface area (Å²) in [4.78, 5) is 12.9. The van der Waals surface area contributed by atoms with Gasteiger partial charge in [-0.15, -0.1) is 0 Å². The van der Waals surface area contributed by atoms with Crippen molar-refractivity contribution in [1.29, 1.82) is 0 Å². The standard InChI is InChI=1S/C23H27NO3/c1-23(2)11-5-8-18(23)17-12-15(9-10-19(17)25)22(27)24-21-16-7-4-3-6-14(16)13-20(21)26/h3-4,6-7,9-10,12,18,20-21,25-26H,5,8,11,13H2,1-2H3,(H,24,27)/t18-,20+,21-/m0/s1. The van der Waals surface area contributed by atoms with Crippen molar-refractivity contribution in [2.24, 2.45) is 5.41 Å². The van der Waals surface area contributed by atoms with Gasteiger partial charge in [-0.2, -0.15) is 0 Å². The molecule has 1 fully saturated rings. The highest BCUT2D eigenvalue weighted by Gasteiger charge is 2.37. The quantitative estimate of drug-likeness (QED) is 0.768. The number of carbonyl (C=O) groups is 1. The average Bonchev–Trinajstić information content (AvgIpc) is 3.14. The predicted molar refractivity (Wildman–Crippen MR) is 105 cm³/mol. The van der Waals surface area contributed by atoms with Crippen LogP contribution in [0, 0.1) is 5.41 Å². The summed E-state index contributed by atoms with van der Waals surface area (Å²) in [6.07, 6.45) is 3.23. The number of nitrogens with one attached hydrogen (secondary N) is 1. The lowest BCUT2D eigenvalue weighted by atomic mass is 9.77. The second-order valence-corrected chi connectivity index (χ2v) is 8.63. The molecule has 2 aromatic rings. The number of phenols is 1. The lowest BCUT2D eigenvalue weighted by Gasteiger charge is -2.28. The van der Waals surface area contributed by atoms with Gasteiger partial charge in [0.25, 0.3) is 5.91 Å². The Bertz CT molecular complexity index is 874. The number of rotatable bonds is 3. The van der Waals surface area contributed by atoms with Gasteiger partial charge in [0, 0.05) is 12.0 Å². The topological polar surface area (TPSA) is 69.6 Å². The minimum absolute atomic E-state index is 0.118. The van der Waals surface area contributed by atoms with Crippen LogP contribution < -0.4 is 5.32 Å². The fourth-order valence-corrected chi connectivity index (χ4v) is 4.85. The minimum Gasteiger partial charge on any atom is -0.508 e. The maximum absolute atomic E-state index is 12.9. The normalized spacial score (nSPS) is 26.0. The zero-order chi connectivity index (χ0) is 19.2. The predicted octanol–water partition coefficient (Wildman–Crippen LogP) is 4.07. The van der Waals surface area contributed by atoms with Crippen molar-refractivity contribution < 1.29 is 15.0 Å². The first-order chi connectivity index (χ1) is 12.9. The van der Waals surface area contributed by atoms with E-state index in [1.54, 1.807) is 12.1 Å². The van der Waals surface area contributed by atoms with E-state index in [1.165, 1.54) is 0 Å². The number of phenolic OH excluding ortho intramolecular Hbond substituents is 1. The molecule has 0 spiro atoms. The molecule has 27 heavy (non-hydrogen) atoms. The van der Waals surface area contributed by atoms with E-state index in [4.69, 9.17) is 0 Å². The molecule has 2 aliphatic rings. The Morgan fingerprint density at radius 1 is 1.15 bits per heavy atom. The number of fused-ring (bicyclic) bond motifs is 1. The van der Waals surface area contributed by atoms with Crippen LogP contribution in [0.3, 0.4) is 0 Å². The van der Waals surface area contributed by atoms with Gasteiger partial charge in [-0.05, 0) is 59.1 Å². The molecule has 2 aliphatic carbocycles. The number of amides is 1. The zero-order valence-electron chi connectivity index (χ0n) is 15.9. The molecule has 3 N–H and O–H groups in total. The van der Waals surface area contributed by atoms with Gasteiger partial charge in [0.05, 0.1) is 12.1 Å². The fourth-order valence-electron chi connectivity index (χ4n) is 4.85. The molecule has 0 aromatic heterocycles. The Balaban J connectivity index is 1.59. The van der Waals surface area contributed by atoms with Crippen molar-refractivity contribution in [2.75, 3.05) is 0 Å². The molecule has 4 rings (SSSR count). The van der Waals surface area contributed by atoms with Gasteiger partial charge in [-0.25, -0.2) is 0 Å². The molecule has 142 valence electrons. The molecule has 0 saturated heterocycles. The highest BCUT2D eigenvalue weighted by molar-refractivity contribution is 5.95. The maximum Gasteiger partial charge on any atom is 0.251 e. The van der Waals surface area contributed by atoms with Crippen molar-refractivity contribution in [3.05, 3.63) is 64.7 Å². The summed E-state index contributed by atoms with van der Waals surface area (Å²) in [5.74, 6) is 0.300. The monoisotopic (exact) mass is 365 g/mol. The van der Waals surface area contributed by atoms with Crippen LogP contribution in [0.4, 0.5) is 0 Å². The number of hydrogen-bond acceptors (Lipinski definition) is 3. The summed E-state index contributed by atoms with van der Waals surface area (Å²) in [6.45, 7) is 4.45. The van der Waals surface area contributed by atoms with E-state index in [1.807, 2.05) is 30.3 Å². The smallest absolute Gasteiger partial charge is 0.251 e. The van der Waals surface area contributed by atoms with Crippen LogP contribution in [0.5, 0.6) is 5.75 Å². The summed E-state index contributed by atoms with van der Waals surface area (Å²) in [7, 11) is 0. The lowest BCUT2D eigenvalue weighted by molar-refractivity contribution is 0.0858. The van der Waals surface area contributed by atoms with Gasteiger partial charge >= 0.3 is 0 Å². The second-order valence-electron chi connectivity index (χ2n) is 8.63. The Morgan fingerprint density at radius 3 is 2.67 bits per heavy atom. The maximum atomic E-state index is 12.9. The van der Waals surface area contributed by atoms with Crippen LogP contribution in [0.1, 0.15) is 72.1 Å². The lowest BCUT2D eigenvalue weighted by Crippen LogP contribution is -2.34. The van der Waals surface area contributed by atoms with Crippen molar-refractivity contribution in [3.8, 4) is 5.75 Å². The van der Waals surface area contributed by atoms with Gasteiger partial charge in [0.1, 0.15) is 5.75 Å². The van der Waals surface area contributed by atoms with Crippen molar-refractivity contribution in [1.82, 2.24) is 5.32 Å². The second kappa shape index (κ2) is 6.68. The molecule has 0 radical (unpaired) electrons. The van der Waals surface area contributed by atoms with Crippen LogP contribution in [0.15, 0.2) is 42.5 Å². The Kier molecular flexibility index (Phi) is 4.47. The third-order valence-electron chi connectivity index (χ3n) is 6.41. The molecule has 0 aliphatic heterocycles. The molecule has 0 unspecified atom stereocenters. The Morgan fingerprint density at radius 2 is 1.93 bits per heavy atom. The van der Waals surface area contributed by atoms with Crippen LogP contribution >= 0.6 is 0 Å². The molecule has 4 nitrogen and oxygen atoms in total. The van der Waals surface area contributed by atoms with Crippen LogP contribution in [-0.2, 0) is 6.42 Å². The van der Waals surface area contributed by atoms with E-state index in [9.17, 15) is 15.0 Å². The fraction of sp³-hybridized carbons (Fsp3) is 0.435. The highest BCUT2D eigenvalue weighted by atomic mass is 16.3. The number of hydrogen-bond donors (Lipinski definition) is 3. The molecular formula is C23H27NO3. The van der Waals surface area contributed by atoms with E-state index in [-0.39, 0.29) is 23.0 Å². The summed E-state index contributed by atoms with van der Waals surface area (Å²) in [5.41, 5.74) is 3.57. The van der Waals surface area contributed by atoms with E-state index in [0.717, 1.165) is 36.0 Å². The zero-order valence-corrected chi connectivity index (χ0v) is 15.9. The summed E-state index contributed by atoms with van der Waals surface area (Å²) >= 11 is 0. The van der Waals surface area contributed by atoms with Gasteiger partial charge in [-0.3, -0.25) is 4.79 Å². The number of aliphatic hydroxyl groups is 1. The van der Waals surface area contributed by atoms with E-state index >= 15 is 0 Å². The third kappa shape index (κ3) is 3.23. The third-order valence-corrected chi connectivity index (χ3v) is 6.41. The van der Waals surface area contributed by atoms with Gasteiger partial charge < -0.3 is 15.5 Å². The van der Waals surface area contributed by atoms with Crippen molar-refractivity contribution in [3.63, 3.8) is 0 Å². The summed E-state index contributed by atoms with van der Waals surface area (Å²) in [5, 5.41) is 23.8. The summed E-state index contributed by atoms with van der Waals surface area (Å²) < 4.78 is 0. The number of aromatic hydroxyl groups is 1. The van der Waals surface area contributed by atoms with Gasteiger partial charge in [0.2, 0.25) is 0 Å². The first kappa shape index (κ1) is 18.1. The van der Waals surface area contributed by atoms with E-state index in [2.05, 4.69) is 19.2 Å². The van der Waals surface area contributed by atoms with E-state index < -0.39 is 12.1 Å². The van der Waals surface area contributed by atoms with Crippen molar-refractivity contribution in [2.45, 2.75) is 57.6 Å². The SMILES string of the molecule is CC1(C)CCC[C@H]1c1cc(C(=O)N[C@H]2c3ccccc3C[C@H]2O)ccc1O. The molecule has 4 heteroatoms. The Hall–Kier alpha value is -2.33. The molecule has 1 saturated carbocycles. The largest absolute Gasteiger partial charge is 0.508 e. The van der Waals surface area contributed by atoms with Gasteiger partial charge in [0.15, 0.2) is 0 Å².